The molecule has 2 N–H and O–H groups in total. The van der Waals surface area contributed by atoms with Gasteiger partial charge in [0.1, 0.15) is 0 Å². The predicted molar refractivity (Wildman–Crippen MR) is 69.4 cm³/mol. The molecule has 0 heterocycles. The van der Waals surface area contributed by atoms with Crippen LogP contribution in [0.15, 0.2) is 0 Å². The smallest absolute Gasteiger partial charge is 0.00767 e. The van der Waals surface area contributed by atoms with Crippen LogP contribution in [-0.2, 0) is 0 Å². The molecule has 0 aliphatic carbocycles. The Bertz CT molecular complexity index is 92.7. The van der Waals surface area contributed by atoms with Crippen LogP contribution in [-0.4, -0.2) is 26.2 Å². The zero-order chi connectivity index (χ0) is 11.2. The molecule has 0 fully saturated rings. The molecule has 15 heavy (non-hydrogen) atoms. The molecule has 0 atom stereocenters. The average Bonchev–Trinajstić information content (AvgIpc) is 2.26. The minimum absolute atomic E-state index is 1.12. The minimum atomic E-state index is 1.12. The van der Waals surface area contributed by atoms with E-state index >= 15 is 0 Å². The largest absolute Gasteiger partial charge is 0.315 e. The molecular weight excluding hydrogens is 184 g/mol. The van der Waals surface area contributed by atoms with Gasteiger partial charge >= 0.3 is 0 Å². The summed E-state index contributed by atoms with van der Waals surface area (Å²) in [5.74, 6) is 0. The van der Waals surface area contributed by atoms with Crippen LogP contribution in [0.1, 0.15) is 58.8 Å². The summed E-state index contributed by atoms with van der Waals surface area (Å²) in [7, 11) is 0. The molecule has 0 aromatic carbocycles. The molecule has 0 radical (unpaired) electrons. The van der Waals surface area contributed by atoms with Gasteiger partial charge in [-0.1, -0.05) is 46.0 Å². The van der Waals surface area contributed by atoms with Crippen molar-refractivity contribution in [3.63, 3.8) is 0 Å². The second-order valence-electron chi connectivity index (χ2n) is 4.27. The van der Waals surface area contributed by atoms with Crippen molar-refractivity contribution in [2.75, 3.05) is 26.2 Å². The molecule has 0 aliphatic heterocycles. The van der Waals surface area contributed by atoms with Gasteiger partial charge in [0.25, 0.3) is 0 Å². The molecule has 0 saturated heterocycles. The van der Waals surface area contributed by atoms with Crippen molar-refractivity contribution in [1.29, 1.82) is 0 Å². The Morgan fingerprint density at radius 3 is 1.67 bits per heavy atom. The Balaban J connectivity index is 2.81. The maximum absolute atomic E-state index is 3.48. The third kappa shape index (κ3) is 13.9. The van der Waals surface area contributed by atoms with Gasteiger partial charge in [-0.2, -0.15) is 0 Å². The topological polar surface area (TPSA) is 24.1 Å². The first-order valence-corrected chi connectivity index (χ1v) is 6.83. The highest BCUT2D eigenvalue weighted by Crippen LogP contribution is 2.00. The van der Waals surface area contributed by atoms with Gasteiger partial charge in [0, 0.05) is 13.1 Å². The number of hydrogen-bond donors (Lipinski definition) is 2. The Hall–Kier alpha value is -0.0800. The van der Waals surface area contributed by atoms with E-state index in [9.17, 15) is 0 Å². The molecule has 2 nitrogen and oxygen atoms in total. The third-order valence-electron chi connectivity index (χ3n) is 2.64. The third-order valence-corrected chi connectivity index (χ3v) is 2.64. The van der Waals surface area contributed by atoms with Crippen molar-refractivity contribution >= 4 is 0 Å². The molecule has 0 spiro atoms. The summed E-state index contributed by atoms with van der Waals surface area (Å²) in [5.41, 5.74) is 0. The highest BCUT2D eigenvalue weighted by Gasteiger charge is 1.89. The normalized spacial score (nSPS) is 10.8. The molecule has 0 aliphatic rings. The molecule has 0 unspecified atom stereocenters. The van der Waals surface area contributed by atoms with Crippen LogP contribution >= 0.6 is 0 Å². The van der Waals surface area contributed by atoms with E-state index in [-0.39, 0.29) is 0 Å². The van der Waals surface area contributed by atoms with E-state index < -0.39 is 0 Å². The summed E-state index contributed by atoms with van der Waals surface area (Å²) < 4.78 is 0. The fourth-order valence-electron chi connectivity index (χ4n) is 1.58. The van der Waals surface area contributed by atoms with Gasteiger partial charge in [0.05, 0.1) is 0 Å². The molecule has 0 rings (SSSR count). The minimum Gasteiger partial charge on any atom is -0.315 e. The fraction of sp³-hybridized carbons (Fsp3) is 1.00. The van der Waals surface area contributed by atoms with E-state index in [1.807, 2.05) is 0 Å². The SMILES string of the molecule is CCCCCCCNCCNCCCC. The van der Waals surface area contributed by atoms with E-state index in [1.165, 1.54) is 58.0 Å². The van der Waals surface area contributed by atoms with Gasteiger partial charge in [0.2, 0.25) is 0 Å². The molecule has 0 amide bonds. The zero-order valence-electron chi connectivity index (χ0n) is 10.8. The summed E-state index contributed by atoms with van der Waals surface area (Å²) in [6, 6.07) is 0. The lowest BCUT2D eigenvalue weighted by atomic mass is 10.1. The van der Waals surface area contributed by atoms with Crippen LogP contribution in [0.4, 0.5) is 0 Å². The second kappa shape index (κ2) is 13.9. The van der Waals surface area contributed by atoms with E-state index in [4.69, 9.17) is 0 Å². The standard InChI is InChI=1S/C13H30N2/c1-3-5-7-8-9-11-15-13-12-14-10-6-4-2/h14-15H,3-13H2,1-2H3. The first kappa shape index (κ1) is 14.9. The van der Waals surface area contributed by atoms with Gasteiger partial charge < -0.3 is 10.6 Å². The van der Waals surface area contributed by atoms with E-state index in [0.717, 1.165) is 13.1 Å². The summed E-state index contributed by atoms with van der Waals surface area (Å²) in [6.07, 6.45) is 9.48. The number of rotatable bonds is 12. The summed E-state index contributed by atoms with van der Waals surface area (Å²) in [4.78, 5) is 0. The van der Waals surface area contributed by atoms with Crippen LogP contribution in [0, 0.1) is 0 Å². The van der Waals surface area contributed by atoms with Crippen molar-refractivity contribution in [2.24, 2.45) is 0 Å². The predicted octanol–water partition coefficient (Wildman–Crippen LogP) is 2.94. The lowest BCUT2D eigenvalue weighted by molar-refractivity contribution is 0.559. The van der Waals surface area contributed by atoms with E-state index in [0.29, 0.717) is 0 Å². The Labute approximate surface area is 96.2 Å². The van der Waals surface area contributed by atoms with Crippen molar-refractivity contribution < 1.29 is 0 Å². The van der Waals surface area contributed by atoms with E-state index in [2.05, 4.69) is 24.5 Å². The molecule has 0 aromatic heterocycles. The highest BCUT2D eigenvalue weighted by molar-refractivity contribution is 4.52. The van der Waals surface area contributed by atoms with Crippen LogP contribution in [0.25, 0.3) is 0 Å². The van der Waals surface area contributed by atoms with E-state index in [1.54, 1.807) is 0 Å². The molecule has 0 bridgehead atoms. The van der Waals surface area contributed by atoms with Crippen molar-refractivity contribution in [3.05, 3.63) is 0 Å². The van der Waals surface area contributed by atoms with Crippen LogP contribution < -0.4 is 10.6 Å². The van der Waals surface area contributed by atoms with Gasteiger partial charge in [-0.25, -0.2) is 0 Å². The molecule has 2 heteroatoms. The van der Waals surface area contributed by atoms with Crippen LogP contribution in [0.3, 0.4) is 0 Å². The number of hydrogen-bond acceptors (Lipinski definition) is 2. The number of unbranched alkanes of at least 4 members (excludes halogenated alkanes) is 5. The summed E-state index contributed by atoms with van der Waals surface area (Å²) in [6.45, 7) is 9.11. The summed E-state index contributed by atoms with van der Waals surface area (Å²) >= 11 is 0. The van der Waals surface area contributed by atoms with Crippen molar-refractivity contribution in [2.45, 2.75) is 58.8 Å². The maximum Gasteiger partial charge on any atom is 0.00767 e. The van der Waals surface area contributed by atoms with Crippen molar-refractivity contribution in [1.82, 2.24) is 10.6 Å². The monoisotopic (exact) mass is 214 g/mol. The highest BCUT2D eigenvalue weighted by atomic mass is 14.9. The molecule has 0 aromatic rings. The Morgan fingerprint density at radius 1 is 0.533 bits per heavy atom. The Morgan fingerprint density at radius 2 is 1.07 bits per heavy atom. The fourth-order valence-corrected chi connectivity index (χ4v) is 1.58. The van der Waals surface area contributed by atoms with Crippen molar-refractivity contribution in [3.8, 4) is 0 Å². The second-order valence-corrected chi connectivity index (χ2v) is 4.27. The molecular formula is C13H30N2. The van der Waals surface area contributed by atoms with Crippen LogP contribution in [0.2, 0.25) is 0 Å². The quantitative estimate of drug-likeness (QED) is 0.488. The zero-order valence-corrected chi connectivity index (χ0v) is 10.8. The van der Waals surface area contributed by atoms with Crippen LogP contribution in [0.5, 0.6) is 0 Å². The first-order valence-electron chi connectivity index (χ1n) is 6.83. The lowest BCUT2D eigenvalue weighted by Gasteiger charge is -2.05. The maximum atomic E-state index is 3.48. The molecule has 0 saturated carbocycles. The molecule has 92 valence electrons. The first-order chi connectivity index (χ1) is 7.41. The lowest BCUT2D eigenvalue weighted by Crippen LogP contribution is -2.28. The van der Waals surface area contributed by atoms with Gasteiger partial charge in [-0.15, -0.1) is 0 Å². The average molecular weight is 214 g/mol. The van der Waals surface area contributed by atoms with Gasteiger partial charge in [-0.05, 0) is 25.9 Å². The Kier molecular flexibility index (Phi) is 13.8. The van der Waals surface area contributed by atoms with Gasteiger partial charge in [0.15, 0.2) is 0 Å². The number of nitrogens with one attached hydrogen (secondary N) is 2. The van der Waals surface area contributed by atoms with Gasteiger partial charge in [-0.3, -0.25) is 0 Å². The summed E-state index contributed by atoms with van der Waals surface area (Å²) in [5, 5.41) is 6.91.